The lowest BCUT2D eigenvalue weighted by Gasteiger charge is -2.07. The first kappa shape index (κ1) is 22.7. The molecule has 0 atom stereocenters. The maximum Gasteiger partial charge on any atom is 0.329 e. The summed E-state index contributed by atoms with van der Waals surface area (Å²) >= 11 is 17.7. The molecule has 3 N–H and O–H groups in total. The molecule has 3 amide bonds. The van der Waals surface area contributed by atoms with Gasteiger partial charge in [0, 0.05) is 22.1 Å². The number of anilines is 2. The van der Waals surface area contributed by atoms with E-state index < -0.39 is 11.8 Å². The van der Waals surface area contributed by atoms with Crippen LogP contribution in [0.1, 0.15) is 18.9 Å². The number of carbonyl (C=O) groups excluding carboxylic acids is 3. The molecule has 0 saturated carbocycles. The van der Waals surface area contributed by atoms with Crippen molar-refractivity contribution < 1.29 is 14.4 Å². The molecule has 0 heterocycles. The summed E-state index contributed by atoms with van der Waals surface area (Å²) in [6.07, 6.45) is -0.101. The molecule has 0 unspecified atom stereocenters. The summed E-state index contributed by atoms with van der Waals surface area (Å²) in [5, 5.41) is 9.93. The fraction of sp³-hybridized carbons (Fsp3) is 0.158. The number of hydrogen-bond acceptors (Lipinski definition) is 4. The summed E-state index contributed by atoms with van der Waals surface area (Å²) < 4.78 is 0. The number of nitrogens with one attached hydrogen (secondary N) is 3. The highest BCUT2D eigenvalue weighted by Gasteiger charge is 2.14. The van der Waals surface area contributed by atoms with Gasteiger partial charge < -0.3 is 10.6 Å². The van der Waals surface area contributed by atoms with Crippen molar-refractivity contribution >= 4 is 69.6 Å². The first-order valence-corrected chi connectivity index (χ1v) is 9.44. The second kappa shape index (κ2) is 10.2. The van der Waals surface area contributed by atoms with E-state index >= 15 is 0 Å². The molecule has 0 fully saturated rings. The molecule has 2 rings (SSSR count). The number of amides is 3. The minimum Gasteiger partial charge on any atom is -0.326 e. The Kier molecular flexibility index (Phi) is 8.01. The standard InChI is InChI=1S/C19H17Cl3N4O3/c1-10-3-4-13(8-15(10)21)24-18(28)19(29)26-25-11(2)7-17(27)23-12-5-6-14(20)16(22)9-12/h3-6,8-9H,7H2,1-2H3,(H,23,27)(H,24,28)(H,26,29)/b25-11+. The summed E-state index contributed by atoms with van der Waals surface area (Å²) in [6.45, 7) is 3.35. The van der Waals surface area contributed by atoms with Crippen molar-refractivity contribution in [3.63, 3.8) is 0 Å². The Bertz CT molecular complexity index is 993. The third kappa shape index (κ3) is 7.05. The average Bonchev–Trinajstić information content (AvgIpc) is 2.65. The topological polar surface area (TPSA) is 99.7 Å². The molecular formula is C19H17Cl3N4O3. The summed E-state index contributed by atoms with van der Waals surface area (Å²) in [5.74, 6) is -2.27. The van der Waals surface area contributed by atoms with Gasteiger partial charge in [-0.1, -0.05) is 40.9 Å². The minimum atomic E-state index is -0.981. The van der Waals surface area contributed by atoms with Crippen LogP contribution >= 0.6 is 34.8 Å². The molecule has 152 valence electrons. The monoisotopic (exact) mass is 454 g/mol. The molecule has 0 aromatic heterocycles. The molecule has 10 heteroatoms. The van der Waals surface area contributed by atoms with Crippen LogP contribution in [0.4, 0.5) is 11.4 Å². The van der Waals surface area contributed by atoms with Crippen molar-refractivity contribution in [3.05, 3.63) is 57.0 Å². The molecule has 0 saturated heterocycles. The van der Waals surface area contributed by atoms with E-state index in [-0.39, 0.29) is 12.3 Å². The van der Waals surface area contributed by atoms with E-state index in [2.05, 4.69) is 21.2 Å². The minimum absolute atomic E-state index is 0.101. The Morgan fingerprint density at radius 3 is 2.14 bits per heavy atom. The highest BCUT2D eigenvalue weighted by molar-refractivity contribution is 6.42. The van der Waals surface area contributed by atoms with Crippen molar-refractivity contribution in [2.75, 3.05) is 10.6 Å². The first-order valence-electron chi connectivity index (χ1n) is 8.31. The zero-order valence-electron chi connectivity index (χ0n) is 15.5. The first-order chi connectivity index (χ1) is 13.7. The molecule has 7 nitrogen and oxygen atoms in total. The van der Waals surface area contributed by atoms with E-state index in [1.54, 1.807) is 24.3 Å². The highest BCUT2D eigenvalue weighted by atomic mass is 35.5. The van der Waals surface area contributed by atoms with Crippen LogP contribution in [-0.2, 0) is 14.4 Å². The average molecular weight is 456 g/mol. The molecular weight excluding hydrogens is 439 g/mol. The van der Waals surface area contributed by atoms with Gasteiger partial charge in [-0.05, 0) is 49.7 Å². The van der Waals surface area contributed by atoms with E-state index in [9.17, 15) is 14.4 Å². The third-order valence-corrected chi connectivity index (χ3v) is 4.75. The summed E-state index contributed by atoms with van der Waals surface area (Å²) in [6, 6.07) is 9.53. The number of nitrogens with zero attached hydrogens (tertiary/aromatic N) is 1. The normalized spacial score (nSPS) is 11.0. The number of hydrogen-bond donors (Lipinski definition) is 3. The van der Waals surface area contributed by atoms with Gasteiger partial charge >= 0.3 is 11.8 Å². The predicted molar refractivity (Wildman–Crippen MR) is 116 cm³/mol. The van der Waals surface area contributed by atoms with Crippen LogP contribution < -0.4 is 16.1 Å². The number of hydrazone groups is 1. The Labute approximate surface area is 182 Å². The Hall–Kier alpha value is -2.61. The second-order valence-electron chi connectivity index (χ2n) is 6.06. The van der Waals surface area contributed by atoms with Crippen molar-refractivity contribution in [3.8, 4) is 0 Å². The summed E-state index contributed by atoms with van der Waals surface area (Å²) in [5.41, 5.74) is 4.08. The fourth-order valence-corrected chi connectivity index (χ4v) is 2.59. The van der Waals surface area contributed by atoms with E-state index in [0.29, 0.717) is 32.2 Å². The number of rotatable bonds is 5. The maximum absolute atomic E-state index is 12.0. The predicted octanol–water partition coefficient (Wildman–Crippen LogP) is 4.41. The zero-order chi connectivity index (χ0) is 21.6. The molecule has 2 aromatic carbocycles. The number of carbonyl (C=O) groups is 3. The molecule has 29 heavy (non-hydrogen) atoms. The quantitative estimate of drug-likeness (QED) is 0.353. The molecule has 0 spiro atoms. The number of benzene rings is 2. The molecule has 0 aliphatic rings. The fourth-order valence-electron chi connectivity index (χ4n) is 2.11. The van der Waals surface area contributed by atoms with Gasteiger partial charge in [0.05, 0.1) is 16.5 Å². The lowest BCUT2D eigenvalue weighted by Crippen LogP contribution is -2.33. The zero-order valence-corrected chi connectivity index (χ0v) is 17.7. The van der Waals surface area contributed by atoms with Crippen LogP contribution in [0.2, 0.25) is 15.1 Å². The van der Waals surface area contributed by atoms with Crippen LogP contribution in [0.25, 0.3) is 0 Å². The van der Waals surface area contributed by atoms with Gasteiger partial charge in [0.25, 0.3) is 0 Å². The highest BCUT2D eigenvalue weighted by Crippen LogP contribution is 2.25. The number of halogens is 3. The molecule has 0 radical (unpaired) electrons. The van der Waals surface area contributed by atoms with Crippen LogP contribution in [0, 0.1) is 6.92 Å². The lowest BCUT2D eigenvalue weighted by molar-refractivity contribution is -0.136. The van der Waals surface area contributed by atoms with E-state index in [4.69, 9.17) is 34.8 Å². The summed E-state index contributed by atoms with van der Waals surface area (Å²) in [4.78, 5) is 35.8. The van der Waals surface area contributed by atoms with Crippen LogP contribution in [0.3, 0.4) is 0 Å². The van der Waals surface area contributed by atoms with E-state index in [1.165, 1.54) is 19.1 Å². The van der Waals surface area contributed by atoms with Crippen LogP contribution in [-0.4, -0.2) is 23.4 Å². The SMILES string of the molecule is C/C(CC(=O)Nc1ccc(Cl)c(Cl)c1)=N\NC(=O)C(=O)Nc1ccc(C)c(Cl)c1. The number of aryl methyl sites for hydroxylation is 1. The lowest BCUT2D eigenvalue weighted by atomic mass is 10.2. The summed E-state index contributed by atoms with van der Waals surface area (Å²) in [7, 11) is 0. The van der Waals surface area contributed by atoms with Gasteiger partial charge in [0.2, 0.25) is 5.91 Å². The second-order valence-corrected chi connectivity index (χ2v) is 7.28. The van der Waals surface area contributed by atoms with Crippen molar-refractivity contribution in [1.29, 1.82) is 0 Å². The molecule has 0 aliphatic carbocycles. The smallest absolute Gasteiger partial charge is 0.326 e. The van der Waals surface area contributed by atoms with Gasteiger partial charge in [-0.2, -0.15) is 5.10 Å². The van der Waals surface area contributed by atoms with Gasteiger partial charge in [-0.3, -0.25) is 14.4 Å². The molecule has 2 aromatic rings. The van der Waals surface area contributed by atoms with Crippen molar-refractivity contribution in [1.82, 2.24) is 5.43 Å². The Morgan fingerprint density at radius 1 is 0.862 bits per heavy atom. The third-order valence-electron chi connectivity index (χ3n) is 3.60. The molecule has 0 aliphatic heterocycles. The van der Waals surface area contributed by atoms with E-state index in [1.807, 2.05) is 6.92 Å². The van der Waals surface area contributed by atoms with Gasteiger partial charge in [-0.15, -0.1) is 0 Å². The van der Waals surface area contributed by atoms with Crippen LogP contribution in [0.15, 0.2) is 41.5 Å². The maximum atomic E-state index is 12.0. The van der Waals surface area contributed by atoms with Gasteiger partial charge in [-0.25, -0.2) is 5.43 Å². The largest absolute Gasteiger partial charge is 0.329 e. The Balaban J connectivity index is 1.86. The van der Waals surface area contributed by atoms with Gasteiger partial charge in [0.1, 0.15) is 0 Å². The van der Waals surface area contributed by atoms with Crippen LogP contribution in [0.5, 0.6) is 0 Å². The van der Waals surface area contributed by atoms with E-state index in [0.717, 1.165) is 5.56 Å². The molecule has 0 bridgehead atoms. The van der Waals surface area contributed by atoms with Crippen molar-refractivity contribution in [2.45, 2.75) is 20.3 Å². The van der Waals surface area contributed by atoms with Crippen molar-refractivity contribution in [2.24, 2.45) is 5.10 Å². The van der Waals surface area contributed by atoms with Gasteiger partial charge in [0.15, 0.2) is 0 Å². The Morgan fingerprint density at radius 2 is 1.48 bits per heavy atom.